The summed E-state index contributed by atoms with van der Waals surface area (Å²) in [7, 11) is 2.76. The summed E-state index contributed by atoms with van der Waals surface area (Å²) >= 11 is 0. The Kier molecular flexibility index (Phi) is 4.92. The van der Waals surface area contributed by atoms with Crippen LogP contribution in [0, 0.1) is 11.3 Å². The molecule has 1 aromatic rings. The molecule has 0 saturated heterocycles. The van der Waals surface area contributed by atoms with E-state index >= 15 is 0 Å². The first-order valence-electron chi connectivity index (χ1n) is 5.20. The molecule has 0 saturated carbocycles. The molecule has 1 aromatic carbocycles. The summed E-state index contributed by atoms with van der Waals surface area (Å²) in [5.74, 6) is 0.473. The average molecular weight is 253 g/mol. The summed E-state index contributed by atoms with van der Waals surface area (Å²) < 4.78 is 10.1. The molecule has 2 unspecified atom stereocenters. The molecule has 0 aliphatic rings. The molecule has 6 heteroatoms. The van der Waals surface area contributed by atoms with Crippen molar-refractivity contribution in [2.75, 3.05) is 14.2 Å². The van der Waals surface area contributed by atoms with Gasteiger partial charge in [-0.3, -0.25) is 0 Å². The molecule has 0 spiro atoms. The molecule has 18 heavy (non-hydrogen) atoms. The molecule has 0 aliphatic heterocycles. The van der Waals surface area contributed by atoms with E-state index in [-0.39, 0.29) is 23.7 Å². The molecular weight excluding hydrogens is 238 g/mol. The van der Waals surface area contributed by atoms with Crippen LogP contribution in [0.25, 0.3) is 0 Å². The predicted octanol–water partition coefficient (Wildman–Crippen LogP) is 0.114. The fraction of sp³-hybridized carbons (Fsp3) is 0.417. The number of ether oxygens (including phenoxy) is 2. The summed E-state index contributed by atoms with van der Waals surface area (Å²) in [6.07, 6.45) is -3.04. The van der Waals surface area contributed by atoms with Gasteiger partial charge in [-0.1, -0.05) is 0 Å². The molecule has 0 aliphatic carbocycles. The maximum Gasteiger partial charge on any atom is 0.170 e. The number of aliphatic hydroxyl groups excluding tert-OH is 3. The van der Waals surface area contributed by atoms with Crippen molar-refractivity contribution in [2.45, 2.75) is 18.8 Å². The van der Waals surface area contributed by atoms with Gasteiger partial charge in [-0.15, -0.1) is 0 Å². The molecule has 3 N–H and O–H groups in total. The minimum absolute atomic E-state index is 0.172. The Balaban J connectivity index is 3.36. The second-order valence-electron chi connectivity index (χ2n) is 3.59. The molecule has 2 atom stereocenters. The van der Waals surface area contributed by atoms with E-state index in [1.807, 2.05) is 0 Å². The van der Waals surface area contributed by atoms with Crippen LogP contribution in [0.4, 0.5) is 0 Å². The fourth-order valence-electron chi connectivity index (χ4n) is 1.60. The normalized spacial score (nSPS) is 13.6. The van der Waals surface area contributed by atoms with Crippen molar-refractivity contribution in [1.82, 2.24) is 0 Å². The molecule has 0 aromatic heterocycles. The van der Waals surface area contributed by atoms with E-state index in [9.17, 15) is 10.2 Å². The fourth-order valence-corrected chi connectivity index (χ4v) is 1.60. The van der Waals surface area contributed by atoms with Gasteiger partial charge in [0.1, 0.15) is 17.6 Å². The van der Waals surface area contributed by atoms with Crippen molar-refractivity contribution in [1.29, 1.82) is 5.26 Å². The van der Waals surface area contributed by atoms with Crippen molar-refractivity contribution in [3.63, 3.8) is 0 Å². The highest BCUT2D eigenvalue weighted by atomic mass is 16.5. The Bertz CT molecular complexity index is 429. The number of hydrogen-bond donors (Lipinski definition) is 3. The Morgan fingerprint density at radius 1 is 1.22 bits per heavy atom. The average Bonchev–Trinajstić information content (AvgIpc) is 2.43. The molecule has 0 heterocycles. The Labute approximate surface area is 105 Å². The number of aliphatic hydroxyl groups is 3. The van der Waals surface area contributed by atoms with Gasteiger partial charge in [0, 0.05) is 0 Å². The Hall–Kier alpha value is -1.81. The van der Waals surface area contributed by atoms with Gasteiger partial charge >= 0.3 is 0 Å². The Morgan fingerprint density at radius 3 is 2.06 bits per heavy atom. The lowest BCUT2D eigenvalue weighted by atomic mass is 10.0. The van der Waals surface area contributed by atoms with Crippen molar-refractivity contribution in [3.8, 4) is 17.6 Å². The molecule has 1 rings (SSSR count). The first-order chi connectivity index (χ1) is 8.58. The lowest BCUT2D eigenvalue weighted by Gasteiger charge is -2.19. The zero-order valence-electron chi connectivity index (χ0n) is 10.1. The van der Waals surface area contributed by atoms with Crippen molar-refractivity contribution >= 4 is 0 Å². The SMILES string of the molecule is COc1cc(CO)cc(OC)c1C(O)C(O)C#N. The summed E-state index contributed by atoms with van der Waals surface area (Å²) in [5, 5.41) is 37.0. The number of nitriles is 1. The van der Waals surface area contributed by atoms with E-state index in [2.05, 4.69) is 0 Å². The maximum absolute atomic E-state index is 9.88. The largest absolute Gasteiger partial charge is 0.496 e. The Morgan fingerprint density at radius 2 is 1.72 bits per heavy atom. The minimum atomic E-state index is -1.59. The quantitative estimate of drug-likeness (QED) is 0.644. The summed E-state index contributed by atoms with van der Waals surface area (Å²) in [6, 6.07) is 4.55. The van der Waals surface area contributed by atoms with E-state index in [0.29, 0.717) is 5.56 Å². The van der Waals surface area contributed by atoms with Gasteiger partial charge in [0.2, 0.25) is 0 Å². The molecule has 0 bridgehead atoms. The van der Waals surface area contributed by atoms with E-state index in [1.54, 1.807) is 0 Å². The van der Waals surface area contributed by atoms with Gasteiger partial charge in [0.05, 0.1) is 32.5 Å². The number of benzene rings is 1. The van der Waals surface area contributed by atoms with Crippen LogP contribution >= 0.6 is 0 Å². The third kappa shape index (κ3) is 2.71. The molecule has 0 fully saturated rings. The number of rotatable bonds is 5. The predicted molar refractivity (Wildman–Crippen MR) is 62.0 cm³/mol. The second kappa shape index (κ2) is 6.21. The summed E-state index contributed by atoms with van der Waals surface area (Å²) in [6.45, 7) is -0.218. The zero-order valence-corrected chi connectivity index (χ0v) is 10.1. The van der Waals surface area contributed by atoms with Crippen LogP contribution in [-0.4, -0.2) is 35.6 Å². The van der Waals surface area contributed by atoms with Crippen LogP contribution in [0.3, 0.4) is 0 Å². The van der Waals surface area contributed by atoms with Gasteiger partial charge in [0.25, 0.3) is 0 Å². The number of hydrogen-bond acceptors (Lipinski definition) is 6. The van der Waals surface area contributed by atoms with Crippen LogP contribution in [0.2, 0.25) is 0 Å². The maximum atomic E-state index is 9.88. The van der Waals surface area contributed by atoms with Crippen molar-refractivity contribution in [2.24, 2.45) is 0 Å². The first-order valence-corrected chi connectivity index (χ1v) is 5.20. The molecule has 0 radical (unpaired) electrons. The van der Waals surface area contributed by atoms with Crippen LogP contribution < -0.4 is 9.47 Å². The highest BCUT2D eigenvalue weighted by molar-refractivity contribution is 5.50. The van der Waals surface area contributed by atoms with E-state index < -0.39 is 12.2 Å². The lowest BCUT2D eigenvalue weighted by Crippen LogP contribution is -2.17. The van der Waals surface area contributed by atoms with Crippen molar-refractivity contribution < 1.29 is 24.8 Å². The summed E-state index contributed by atoms with van der Waals surface area (Å²) in [5.41, 5.74) is 0.706. The molecule has 0 amide bonds. The van der Waals surface area contributed by atoms with Crippen LogP contribution in [0.1, 0.15) is 17.2 Å². The third-order valence-electron chi connectivity index (χ3n) is 2.51. The third-order valence-corrected chi connectivity index (χ3v) is 2.51. The van der Waals surface area contributed by atoms with E-state index in [4.69, 9.17) is 19.8 Å². The van der Waals surface area contributed by atoms with Gasteiger partial charge in [-0.2, -0.15) is 5.26 Å². The highest BCUT2D eigenvalue weighted by Gasteiger charge is 2.26. The topological polar surface area (TPSA) is 103 Å². The number of nitrogens with zero attached hydrogens (tertiary/aromatic N) is 1. The first kappa shape index (κ1) is 14.3. The molecule has 98 valence electrons. The summed E-state index contributed by atoms with van der Waals surface area (Å²) in [4.78, 5) is 0. The standard InChI is InChI=1S/C12H15NO5/c1-17-9-3-7(6-14)4-10(18-2)11(9)12(16)8(15)5-13/h3-4,8,12,14-16H,6H2,1-2H3. The van der Waals surface area contributed by atoms with E-state index in [1.165, 1.54) is 32.4 Å². The highest BCUT2D eigenvalue weighted by Crippen LogP contribution is 2.37. The minimum Gasteiger partial charge on any atom is -0.496 e. The second-order valence-corrected chi connectivity index (χ2v) is 3.59. The molecule has 6 nitrogen and oxygen atoms in total. The van der Waals surface area contributed by atoms with Gasteiger partial charge in [-0.25, -0.2) is 0 Å². The zero-order chi connectivity index (χ0) is 13.7. The van der Waals surface area contributed by atoms with Gasteiger partial charge in [-0.05, 0) is 17.7 Å². The van der Waals surface area contributed by atoms with Crippen LogP contribution in [-0.2, 0) is 6.61 Å². The van der Waals surface area contributed by atoms with Crippen molar-refractivity contribution in [3.05, 3.63) is 23.3 Å². The van der Waals surface area contributed by atoms with Crippen LogP contribution in [0.15, 0.2) is 12.1 Å². The smallest absolute Gasteiger partial charge is 0.170 e. The van der Waals surface area contributed by atoms with Crippen LogP contribution in [0.5, 0.6) is 11.5 Å². The van der Waals surface area contributed by atoms with Gasteiger partial charge in [0.15, 0.2) is 6.10 Å². The molecular formula is C12H15NO5. The monoisotopic (exact) mass is 253 g/mol. The number of methoxy groups -OCH3 is 2. The van der Waals surface area contributed by atoms with E-state index in [0.717, 1.165) is 0 Å². The lowest BCUT2D eigenvalue weighted by molar-refractivity contribution is 0.0492. The van der Waals surface area contributed by atoms with Gasteiger partial charge < -0.3 is 24.8 Å².